The molecule has 0 aromatic heterocycles. The van der Waals surface area contributed by atoms with E-state index in [2.05, 4.69) is 10.6 Å². The van der Waals surface area contributed by atoms with Gasteiger partial charge in [-0.05, 0) is 24.7 Å². The van der Waals surface area contributed by atoms with Crippen LogP contribution in [0, 0.1) is 11.8 Å². The second kappa shape index (κ2) is 11.6. The van der Waals surface area contributed by atoms with Gasteiger partial charge in [0.15, 0.2) is 0 Å². The van der Waals surface area contributed by atoms with E-state index >= 15 is 0 Å². The molecule has 1 aliphatic rings. The summed E-state index contributed by atoms with van der Waals surface area (Å²) in [7, 11) is 0. The number of nitrogens with zero attached hydrogens (tertiary/aromatic N) is 1. The Hall–Kier alpha value is -2.69. The summed E-state index contributed by atoms with van der Waals surface area (Å²) in [6, 6.07) is -4.35. The quantitative estimate of drug-likeness (QED) is 0.285. The van der Waals surface area contributed by atoms with E-state index in [0.29, 0.717) is 25.8 Å². The number of hydrogen-bond acceptors (Lipinski definition) is 6. The van der Waals surface area contributed by atoms with Crippen LogP contribution in [0.3, 0.4) is 0 Å². The molecule has 5 unspecified atom stereocenters. The van der Waals surface area contributed by atoms with Crippen molar-refractivity contribution in [2.24, 2.45) is 17.6 Å². The third-order valence-electron chi connectivity index (χ3n) is 5.62. The zero-order valence-electron chi connectivity index (χ0n) is 18.5. The maximum atomic E-state index is 12.8. The lowest BCUT2D eigenvalue weighted by Crippen LogP contribution is -2.58. The molecule has 3 amide bonds. The van der Waals surface area contributed by atoms with E-state index in [9.17, 15) is 29.1 Å². The number of amides is 3. The molecule has 176 valence electrons. The Kier molecular flexibility index (Phi) is 9.89. The summed E-state index contributed by atoms with van der Waals surface area (Å²) in [6.45, 7) is 7.27. The zero-order valence-corrected chi connectivity index (χ0v) is 18.5. The zero-order chi connectivity index (χ0) is 23.9. The maximum absolute atomic E-state index is 12.8. The molecule has 11 heteroatoms. The SMILES string of the molecule is CCC(C)C(N)C(=O)N1CCCC1C(=O)NC(CC(=O)O)C(=O)NC(C(=O)O)C(C)C. The number of carbonyl (C=O) groups excluding carboxylic acids is 3. The smallest absolute Gasteiger partial charge is 0.326 e. The Bertz CT molecular complexity index is 697. The molecule has 0 aliphatic carbocycles. The molecule has 11 nitrogen and oxygen atoms in total. The van der Waals surface area contributed by atoms with Gasteiger partial charge in [-0.25, -0.2) is 4.79 Å². The molecule has 0 aromatic carbocycles. The van der Waals surface area contributed by atoms with E-state index < -0.39 is 60.3 Å². The first-order valence-corrected chi connectivity index (χ1v) is 10.5. The molecule has 1 fully saturated rings. The van der Waals surface area contributed by atoms with Gasteiger partial charge in [-0.1, -0.05) is 34.1 Å². The Morgan fingerprint density at radius 3 is 2.19 bits per heavy atom. The minimum absolute atomic E-state index is 0.0775. The highest BCUT2D eigenvalue weighted by Gasteiger charge is 2.39. The first kappa shape index (κ1) is 26.3. The molecular formula is C20H34N4O7. The van der Waals surface area contributed by atoms with Crippen LogP contribution in [0.2, 0.25) is 0 Å². The lowest BCUT2D eigenvalue weighted by atomic mass is 9.98. The minimum Gasteiger partial charge on any atom is -0.481 e. The topological polar surface area (TPSA) is 179 Å². The molecule has 1 saturated heterocycles. The monoisotopic (exact) mass is 442 g/mol. The van der Waals surface area contributed by atoms with Crippen LogP contribution in [0.5, 0.6) is 0 Å². The van der Waals surface area contributed by atoms with E-state index in [1.165, 1.54) is 4.90 Å². The fourth-order valence-corrected chi connectivity index (χ4v) is 3.41. The number of carboxylic acid groups (broad SMARTS) is 2. The highest BCUT2D eigenvalue weighted by molar-refractivity contribution is 5.95. The van der Waals surface area contributed by atoms with E-state index in [1.54, 1.807) is 13.8 Å². The highest BCUT2D eigenvalue weighted by atomic mass is 16.4. The molecule has 31 heavy (non-hydrogen) atoms. The number of likely N-dealkylation sites (tertiary alicyclic amines) is 1. The third kappa shape index (κ3) is 7.20. The Morgan fingerprint density at radius 1 is 1.10 bits per heavy atom. The first-order valence-electron chi connectivity index (χ1n) is 10.5. The second-order valence-electron chi connectivity index (χ2n) is 8.33. The van der Waals surface area contributed by atoms with Crippen LogP contribution < -0.4 is 16.4 Å². The van der Waals surface area contributed by atoms with Crippen molar-refractivity contribution in [3.05, 3.63) is 0 Å². The van der Waals surface area contributed by atoms with Crippen LogP contribution in [-0.4, -0.2) is 75.5 Å². The van der Waals surface area contributed by atoms with Gasteiger partial charge in [0.2, 0.25) is 17.7 Å². The van der Waals surface area contributed by atoms with Crippen molar-refractivity contribution < 1.29 is 34.2 Å². The van der Waals surface area contributed by atoms with Crippen molar-refractivity contribution in [3.8, 4) is 0 Å². The van der Waals surface area contributed by atoms with Crippen molar-refractivity contribution in [2.45, 2.75) is 77.5 Å². The van der Waals surface area contributed by atoms with Gasteiger partial charge in [0.1, 0.15) is 18.1 Å². The van der Waals surface area contributed by atoms with Crippen molar-refractivity contribution in [1.82, 2.24) is 15.5 Å². The van der Waals surface area contributed by atoms with Crippen LogP contribution in [0.25, 0.3) is 0 Å². The number of carbonyl (C=O) groups is 5. The molecule has 0 spiro atoms. The van der Waals surface area contributed by atoms with E-state index in [-0.39, 0.29) is 11.8 Å². The van der Waals surface area contributed by atoms with Gasteiger partial charge < -0.3 is 31.5 Å². The summed E-state index contributed by atoms with van der Waals surface area (Å²) < 4.78 is 0. The number of aliphatic carboxylic acids is 2. The Balaban J connectivity index is 2.95. The molecule has 1 heterocycles. The van der Waals surface area contributed by atoms with Crippen molar-refractivity contribution in [3.63, 3.8) is 0 Å². The summed E-state index contributed by atoms with van der Waals surface area (Å²) in [5, 5.41) is 23.0. The predicted molar refractivity (Wildman–Crippen MR) is 111 cm³/mol. The summed E-state index contributed by atoms with van der Waals surface area (Å²) in [6.07, 6.45) is 0.894. The molecule has 1 rings (SSSR count). The average molecular weight is 443 g/mol. The van der Waals surface area contributed by atoms with Gasteiger partial charge in [0, 0.05) is 6.54 Å². The minimum atomic E-state index is -1.48. The lowest BCUT2D eigenvalue weighted by Gasteiger charge is -2.30. The standard InChI is InChI=1S/C20H34N4O7/c1-5-11(4)15(21)19(29)24-8-6-7-13(24)18(28)22-12(9-14(25)26)17(27)23-16(10(2)3)20(30)31/h10-13,15-16H,5-9,21H2,1-4H3,(H,22,28)(H,23,27)(H,25,26)(H,30,31). The third-order valence-corrected chi connectivity index (χ3v) is 5.62. The van der Waals surface area contributed by atoms with E-state index in [1.807, 2.05) is 13.8 Å². The van der Waals surface area contributed by atoms with Gasteiger partial charge in [-0.2, -0.15) is 0 Å². The van der Waals surface area contributed by atoms with E-state index in [0.717, 1.165) is 0 Å². The largest absolute Gasteiger partial charge is 0.481 e. The maximum Gasteiger partial charge on any atom is 0.326 e. The second-order valence-corrected chi connectivity index (χ2v) is 8.33. The van der Waals surface area contributed by atoms with Crippen LogP contribution in [0.4, 0.5) is 0 Å². The normalized spacial score (nSPS) is 19.9. The molecule has 6 N–H and O–H groups in total. The van der Waals surface area contributed by atoms with Gasteiger partial charge in [-0.15, -0.1) is 0 Å². The van der Waals surface area contributed by atoms with Gasteiger partial charge in [-0.3, -0.25) is 19.2 Å². The van der Waals surface area contributed by atoms with Crippen molar-refractivity contribution in [2.75, 3.05) is 6.54 Å². The molecule has 0 bridgehead atoms. The number of rotatable bonds is 11. The van der Waals surface area contributed by atoms with Crippen molar-refractivity contribution in [1.29, 1.82) is 0 Å². The lowest BCUT2D eigenvalue weighted by molar-refractivity contribution is -0.145. The number of hydrogen-bond donors (Lipinski definition) is 5. The number of nitrogens with two attached hydrogens (primary N) is 1. The number of nitrogens with one attached hydrogen (secondary N) is 2. The summed E-state index contributed by atoms with van der Waals surface area (Å²) in [5.41, 5.74) is 6.02. The molecule has 1 aliphatic heterocycles. The highest BCUT2D eigenvalue weighted by Crippen LogP contribution is 2.21. The molecule has 0 saturated carbocycles. The van der Waals surface area contributed by atoms with Crippen LogP contribution in [0.1, 0.15) is 53.4 Å². The average Bonchev–Trinajstić information content (AvgIpc) is 3.18. The predicted octanol–water partition coefficient (Wildman–Crippen LogP) is -0.464. The molecule has 0 radical (unpaired) electrons. The summed E-state index contributed by atoms with van der Waals surface area (Å²) in [5.74, 6) is -5.08. The summed E-state index contributed by atoms with van der Waals surface area (Å²) >= 11 is 0. The van der Waals surface area contributed by atoms with Crippen molar-refractivity contribution >= 4 is 29.7 Å². The Morgan fingerprint density at radius 2 is 1.71 bits per heavy atom. The van der Waals surface area contributed by atoms with Crippen LogP contribution >= 0.6 is 0 Å². The van der Waals surface area contributed by atoms with Gasteiger partial charge in [0.05, 0.1) is 12.5 Å². The molecular weight excluding hydrogens is 408 g/mol. The van der Waals surface area contributed by atoms with E-state index in [4.69, 9.17) is 10.8 Å². The van der Waals surface area contributed by atoms with Gasteiger partial charge in [0.25, 0.3) is 0 Å². The van der Waals surface area contributed by atoms with Crippen LogP contribution in [0.15, 0.2) is 0 Å². The van der Waals surface area contributed by atoms with Crippen LogP contribution in [-0.2, 0) is 24.0 Å². The van der Waals surface area contributed by atoms with Gasteiger partial charge >= 0.3 is 11.9 Å². The molecule has 0 aromatic rings. The Labute approximate surface area is 181 Å². The number of carboxylic acids is 2. The fourth-order valence-electron chi connectivity index (χ4n) is 3.41. The molecule has 5 atom stereocenters. The summed E-state index contributed by atoms with van der Waals surface area (Å²) in [4.78, 5) is 62.0. The fraction of sp³-hybridized carbons (Fsp3) is 0.750. The first-order chi connectivity index (χ1) is 14.4.